The highest BCUT2D eigenvalue weighted by Crippen LogP contribution is 2.30. The summed E-state index contributed by atoms with van der Waals surface area (Å²) in [6.07, 6.45) is -0.403. The molecule has 0 aromatic heterocycles. The van der Waals surface area contributed by atoms with E-state index in [2.05, 4.69) is 9.62 Å². The third-order valence-corrected chi connectivity index (χ3v) is 9.09. The van der Waals surface area contributed by atoms with Crippen molar-refractivity contribution in [2.45, 2.75) is 43.9 Å². The van der Waals surface area contributed by atoms with E-state index in [0.717, 1.165) is 5.56 Å². The number of fused-ring (bicyclic) bond motifs is 1. The Morgan fingerprint density at radius 1 is 1.14 bits per heavy atom. The predicted molar refractivity (Wildman–Crippen MR) is 164 cm³/mol. The van der Waals surface area contributed by atoms with Crippen molar-refractivity contribution in [3.05, 3.63) is 88.4 Å². The van der Waals surface area contributed by atoms with Crippen LogP contribution in [-0.4, -0.2) is 79.2 Å². The highest BCUT2D eigenvalue weighted by atomic mass is 35.5. The number of carbonyl (C=O) groups excluding carboxylic acids is 1. The number of rotatable bonds is 10. The van der Waals surface area contributed by atoms with Crippen LogP contribution in [0.5, 0.6) is 5.75 Å². The van der Waals surface area contributed by atoms with Crippen LogP contribution in [0.25, 0.3) is 0 Å². The van der Waals surface area contributed by atoms with Gasteiger partial charge in [0.05, 0.1) is 29.5 Å². The maximum absolute atomic E-state index is 13.5. The van der Waals surface area contributed by atoms with Gasteiger partial charge in [-0.3, -0.25) is 14.4 Å². The molecule has 1 aliphatic heterocycles. The Morgan fingerprint density at radius 2 is 1.81 bits per heavy atom. The molecule has 3 aromatic carbocycles. The number of amides is 1. The highest BCUT2D eigenvalue weighted by molar-refractivity contribution is 7.92. The van der Waals surface area contributed by atoms with E-state index in [1.165, 1.54) is 24.3 Å². The second-order valence-electron chi connectivity index (χ2n) is 11.0. The molecule has 1 amide bonds. The van der Waals surface area contributed by atoms with E-state index in [1.807, 2.05) is 14.0 Å². The molecule has 43 heavy (non-hydrogen) atoms. The molecular weight excluding hydrogens is 594 g/mol. The van der Waals surface area contributed by atoms with E-state index in [9.17, 15) is 28.2 Å². The van der Waals surface area contributed by atoms with Crippen LogP contribution < -0.4 is 9.46 Å². The number of anilines is 1. The average Bonchev–Trinajstić information content (AvgIpc) is 3.00. The third-order valence-electron chi connectivity index (χ3n) is 7.44. The zero-order chi connectivity index (χ0) is 31.3. The van der Waals surface area contributed by atoms with Crippen molar-refractivity contribution in [1.29, 1.82) is 0 Å². The summed E-state index contributed by atoms with van der Waals surface area (Å²) in [5.74, 6) is -0.840. The summed E-state index contributed by atoms with van der Waals surface area (Å²) in [6.45, 7) is 4.95. The van der Waals surface area contributed by atoms with Gasteiger partial charge in [0.15, 0.2) is 0 Å². The Balaban J connectivity index is 1.60. The van der Waals surface area contributed by atoms with Crippen molar-refractivity contribution >= 4 is 39.2 Å². The first-order valence-corrected chi connectivity index (χ1v) is 15.7. The van der Waals surface area contributed by atoms with Crippen LogP contribution in [0.3, 0.4) is 0 Å². The maximum Gasteiger partial charge on any atom is 0.335 e. The van der Waals surface area contributed by atoms with E-state index in [0.29, 0.717) is 36.0 Å². The fourth-order valence-corrected chi connectivity index (χ4v) is 6.15. The lowest BCUT2D eigenvalue weighted by Crippen LogP contribution is -2.47. The predicted octanol–water partition coefficient (Wildman–Crippen LogP) is 4.12. The molecule has 0 saturated heterocycles. The van der Waals surface area contributed by atoms with Crippen LogP contribution in [0.4, 0.5) is 5.69 Å². The minimum atomic E-state index is -3.91. The zero-order valence-electron chi connectivity index (χ0n) is 24.2. The van der Waals surface area contributed by atoms with Crippen molar-refractivity contribution in [2.75, 3.05) is 31.5 Å². The summed E-state index contributed by atoms with van der Waals surface area (Å²) in [4.78, 5) is 28.4. The second kappa shape index (κ2) is 13.8. The van der Waals surface area contributed by atoms with E-state index in [-0.39, 0.29) is 47.1 Å². The quantitative estimate of drug-likeness (QED) is 0.305. The number of hydrogen-bond acceptors (Lipinski definition) is 7. The highest BCUT2D eigenvalue weighted by Gasteiger charge is 2.31. The van der Waals surface area contributed by atoms with E-state index < -0.39 is 22.0 Å². The smallest absolute Gasteiger partial charge is 0.335 e. The number of sulfonamides is 1. The molecule has 1 heterocycles. The lowest BCUT2D eigenvalue weighted by atomic mass is 10.0. The number of benzene rings is 3. The molecule has 0 radical (unpaired) electrons. The van der Waals surface area contributed by atoms with Crippen LogP contribution in [0, 0.1) is 5.92 Å². The van der Waals surface area contributed by atoms with Gasteiger partial charge in [-0.1, -0.05) is 30.7 Å². The topological polar surface area (TPSA) is 136 Å². The van der Waals surface area contributed by atoms with Gasteiger partial charge in [-0.2, -0.15) is 0 Å². The molecule has 230 valence electrons. The van der Waals surface area contributed by atoms with Crippen molar-refractivity contribution in [3.63, 3.8) is 0 Å². The van der Waals surface area contributed by atoms with Crippen LogP contribution in [-0.2, 0) is 27.8 Å². The summed E-state index contributed by atoms with van der Waals surface area (Å²) in [5, 5.41) is 19.5. The molecule has 10 nitrogen and oxygen atoms in total. The first kappa shape index (κ1) is 32.3. The van der Waals surface area contributed by atoms with Gasteiger partial charge in [0.1, 0.15) is 11.9 Å². The standard InChI is InChI=1S/C31H36ClN3O7S/c1-20-16-35(21(2)19-36)30(37)15-24-14-26(33-43(40,41)27-11-8-25(32)9-12-27)10-13-28(24)42-29(20)18-34(3)17-22-4-6-23(7-5-22)31(38)39/h4-14,20-21,29,33,36H,15-19H2,1-3H3,(H,38,39)/t20-,21+,29+/m0/s1. The largest absolute Gasteiger partial charge is 0.488 e. The molecule has 0 fully saturated rings. The number of carboxylic acids is 1. The zero-order valence-corrected chi connectivity index (χ0v) is 25.8. The van der Waals surface area contributed by atoms with Gasteiger partial charge >= 0.3 is 5.97 Å². The van der Waals surface area contributed by atoms with Crippen molar-refractivity contribution < 1.29 is 33.0 Å². The second-order valence-corrected chi connectivity index (χ2v) is 13.1. The van der Waals surface area contributed by atoms with E-state index in [1.54, 1.807) is 54.3 Å². The molecule has 0 spiro atoms. The molecule has 0 unspecified atom stereocenters. The van der Waals surface area contributed by atoms with E-state index in [4.69, 9.17) is 16.3 Å². The van der Waals surface area contributed by atoms with Gasteiger partial charge in [-0.05, 0) is 74.1 Å². The lowest BCUT2D eigenvalue weighted by molar-refractivity contribution is -0.134. The number of aromatic carboxylic acids is 1. The summed E-state index contributed by atoms with van der Waals surface area (Å²) >= 11 is 5.91. The van der Waals surface area contributed by atoms with Gasteiger partial charge in [-0.25, -0.2) is 13.2 Å². The first-order valence-electron chi connectivity index (χ1n) is 13.9. The fourth-order valence-electron chi connectivity index (χ4n) is 4.97. The molecule has 3 atom stereocenters. The number of halogens is 1. The Labute approximate surface area is 256 Å². The number of aliphatic hydroxyl groups excluding tert-OH is 1. The summed E-state index contributed by atoms with van der Waals surface area (Å²) in [5.41, 5.74) is 1.95. The van der Waals surface area contributed by atoms with Crippen molar-refractivity contribution in [3.8, 4) is 5.75 Å². The number of nitrogens with one attached hydrogen (secondary N) is 1. The molecule has 1 aliphatic rings. The Kier molecular flexibility index (Phi) is 10.3. The number of carbonyl (C=O) groups is 2. The minimum Gasteiger partial charge on any atom is -0.488 e. The van der Waals surface area contributed by atoms with Gasteiger partial charge in [0.2, 0.25) is 5.91 Å². The molecule has 0 bridgehead atoms. The van der Waals surface area contributed by atoms with Gasteiger partial charge in [-0.15, -0.1) is 0 Å². The lowest BCUT2D eigenvalue weighted by Gasteiger charge is -2.34. The molecule has 3 N–H and O–H groups in total. The Morgan fingerprint density at radius 3 is 2.44 bits per heavy atom. The van der Waals surface area contributed by atoms with Crippen LogP contribution in [0.15, 0.2) is 71.6 Å². The molecule has 4 rings (SSSR count). The van der Waals surface area contributed by atoms with Gasteiger partial charge in [0.25, 0.3) is 10.0 Å². The molecule has 12 heteroatoms. The summed E-state index contributed by atoms with van der Waals surface area (Å²) < 4.78 is 35.1. The summed E-state index contributed by atoms with van der Waals surface area (Å²) in [6, 6.07) is 16.9. The molecule has 3 aromatic rings. The molecule has 0 saturated carbocycles. The van der Waals surface area contributed by atoms with Crippen LogP contribution in [0.1, 0.15) is 35.3 Å². The van der Waals surface area contributed by atoms with Gasteiger partial charge in [0, 0.05) is 41.8 Å². The fraction of sp³-hybridized carbons (Fsp3) is 0.355. The first-order chi connectivity index (χ1) is 20.4. The number of nitrogens with zero attached hydrogens (tertiary/aromatic N) is 2. The van der Waals surface area contributed by atoms with Crippen molar-refractivity contribution in [2.24, 2.45) is 5.92 Å². The van der Waals surface area contributed by atoms with Gasteiger partial charge < -0.3 is 19.8 Å². The SMILES string of the molecule is C[C@H](CO)N1C[C@H](C)[C@@H](CN(C)Cc2ccc(C(=O)O)cc2)Oc2ccc(NS(=O)(=O)c3ccc(Cl)cc3)cc2CC1=O. The number of hydrogen-bond donors (Lipinski definition) is 3. The normalized spacial score (nSPS) is 18.2. The molecular formula is C31H36ClN3O7S. The summed E-state index contributed by atoms with van der Waals surface area (Å²) in [7, 11) is -1.98. The van der Waals surface area contributed by atoms with Crippen LogP contribution >= 0.6 is 11.6 Å². The Hall–Kier alpha value is -3.64. The Bertz CT molecular complexity index is 1550. The average molecular weight is 630 g/mol. The third kappa shape index (κ3) is 8.26. The monoisotopic (exact) mass is 629 g/mol. The van der Waals surface area contributed by atoms with E-state index >= 15 is 0 Å². The number of likely N-dealkylation sites (N-methyl/N-ethyl adjacent to an activating group) is 1. The number of ether oxygens (including phenoxy) is 1. The minimum absolute atomic E-state index is 0.0403. The number of aliphatic hydroxyl groups is 1. The maximum atomic E-state index is 13.5. The number of carboxylic acid groups (broad SMARTS) is 1. The van der Waals surface area contributed by atoms with Crippen LogP contribution in [0.2, 0.25) is 5.02 Å². The molecule has 0 aliphatic carbocycles. The van der Waals surface area contributed by atoms with Crippen molar-refractivity contribution in [1.82, 2.24) is 9.80 Å².